The number of esters is 2. The lowest BCUT2D eigenvalue weighted by Gasteiger charge is -2.36. The molecule has 7 atom stereocenters. The molecule has 288 valence electrons. The van der Waals surface area contributed by atoms with Crippen molar-refractivity contribution < 1.29 is 48.3 Å². The van der Waals surface area contributed by atoms with Gasteiger partial charge in [0.25, 0.3) is 0 Å². The van der Waals surface area contributed by atoms with Gasteiger partial charge in [0.1, 0.15) is 18.8 Å². The van der Waals surface area contributed by atoms with Crippen LogP contribution in [0, 0.1) is 5.92 Å². The largest absolute Gasteiger partial charge is 0.462 e. The quantitative estimate of drug-likeness (QED) is 0.145. The number of nitrogens with two attached hydrogens (primary N) is 1. The molecule has 0 saturated carbocycles. The molecule has 0 aromatic rings. The smallest absolute Gasteiger partial charge is 0.325 e. The van der Waals surface area contributed by atoms with Gasteiger partial charge in [0.15, 0.2) is 5.79 Å². The van der Waals surface area contributed by atoms with Crippen LogP contribution in [0.3, 0.4) is 0 Å². The summed E-state index contributed by atoms with van der Waals surface area (Å²) in [5.74, 6) is -1.57. The molecule has 3 heterocycles. The van der Waals surface area contributed by atoms with Crippen LogP contribution in [0.5, 0.6) is 0 Å². The van der Waals surface area contributed by atoms with Gasteiger partial charge < -0.3 is 44.9 Å². The summed E-state index contributed by atoms with van der Waals surface area (Å²) in [4.78, 5) is 37.5. The predicted octanol–water partition coefficient (Wildman–Crippen LogP) is 4.75. The third kappa shape index (κ3) is 16.5. The van der Waals surface area contributed by atoms with Crippen molar-refractivity contribution in [3.8, 4) is 0 Å². The zero-order chi connectivity index (χ0) is 36.2. The van der Waals surface area contributed by atoms with Gasteiger partial charge in [0.05, 0.1) is 37.6 Å². The fourth-order valence-electron chi connectivity index (χ4n) is 7.05. The van der Waals surface area contributed by atoms with Crippen LogP contribution in [0.1, 0.15) is 136 Å². The topological polar surface area (TPSA) is 176 Å². The Kier molecular flexibility index (Phi) is 19.9. The van der Waals surface area contributed by atoms with Gasteiger partial charge in [-0.3, -0.25) is 14.4 Å². The number of hydrogen-bond acceptors (Lipinski definition) is 11. The van der Waals surface area contributed by atoms with Gasteiger partial charge >= 0.3 is 11.9 Å². The molecule has 0 aromatic heterocycles. The average Bonchev–Trinajstić information content (AvgIpc) is 3.32. The lowest BCUT2D eigenvalue weighted by atomic mass is 9.93. The SMILES string of the molecule is CC(C)CC(=O)O[C@H]1C[C@@H]2O[C@@]3(CCCCCCC(C(O)CCCCCCOCC(N)CO)OC(=O)CNC(=O)/C=C/CCCCC[C@H]2O3)C1. The molecule has 0 aliphatic carbocycles. The normalized spacial score (nSPS) is 29.6. The van der Waals surface area contributed by atoms with Crippen LogP contribution < -0.4 is 11.1 Å². The van der Waals surface area contributed by atoms with Crippen LogP contribution in [0.15, 0.2) is 12.2 Å². The van der Waals surface area contributed by atoms with Crippen molar-refractivity contribution in [1.82, 2.24) is 5.32 Å². The standard InChI is InChI=1S/C38H66N2O10/c1-28(2)22-36(44)47-30-23-34-33-18-12-4-3-5-13-19-35(43)40-25-37(45)48-32(17-11-6-8-14-20-38(24-30,49-33)50-34)31(42)16-10-7-9-15-21-46-27-29(39)26-41/h13,19,28-34,41-42H,3-12,14-18,20-27,39H2,1-2H3,(H,40,43)/b19-13+/t29?,30-,31?,32?,33+,34-,38-/m0/s1. The van der Waals surface area contributed by atoms with Gasteiger partial charge in [-0.15, -0.1) is 0 Å². The van der Waals surface area contributed by atoms with E-state index in [0.29, 0.717) is 45.3 Å². The summed E-state index contributed by atoms with van der Waals surface area (Å²) in [6.07, 6.45) is 16.3. The fraction of sp³-hybridized carbons (Fsp3) is 0.868. The first-order valence-corrected chi connectivity index (χ1v) is 19.4. The summed E-state index contributed by atoms with van der Waals surface area (Å²) in [5, 5.41) is 22.6. The number of aliphatic hydroxyl groups excluding tert-OH is 2. The molecule has 5 N–H and O–H groups in total. The summed E-state index contributed by atoms with van der Waals surface area (Å²) in [7, 11) is 0. The molecule has 12 nitrogen and oxygen atoms in total. The number of allylic oxidation sites excluding steroid dienone is 1. The second-order valence-corrected chi connectivity index (χ2v) is 14.9. The molecule has 0 aromatic carbocycles. The van der Waals surface area contributed by atoms with Crippen molar-refractivity contribution in [3.63, 3.8) is 0 Å². The molecule has 2 fully saturated rings. The summed E-state index contributed by atoms with van der Waals surface area (Å²) >= 11 is 0. The molecule has 3 aliphatic heterocycles. The average molecular weight is 711 g/mol. The number of carbonyl (C=O) groups excluding carboxylic acids is 3. The van der Waals surface area contributed by atoms with E-state index in [1.165, 1.54) is 6.08 Å². The van der Waals surface area contributed by atoms with Crippen LogP contribution in [-0.4, -0.2) is 96.8 Å². The monoisotopic (exact) mass is 710 g/mol. The summed E-state index contributed by atoms with van der Waals surface area (Å²) in [5.41, 5.74) is 5.65. The van der Waals surface area contributed by atoms with Crippen LogP contribution in [0.4, 0.5) is 0 Å². The van der Waals surface area contributed by atoms with Gasteiger partial charge in [-0.25, -0.2) is 0 Å². The first-order valence-electron chi connectivity index (χ1n) is 19.4. The van der Waals surface area contributed by atoms with Crippen LogP contribution in [0.2, 0.25) is 0 Å². The second kappa shape index (κ2) is 23.5. The first kappa shape index (κ1) is 42.3. The number of cyclic esters (lactones) is 1. The number of amides is 1. The lowest BCUT2D eigenvalue weighted by molar-refractivity contribution is -0.223. The van der Waals surface area contributed by atoms with E-state index >= 15 is 0 Å². The highest BCUT2D eigenvalue weighted by molar-refractivity contribution is 5.90. The van der Waals surface area contributed by atoms with Gasteiger partial charge in [-0.2, -0.15) is 0 Å². The Bertz CT molecular complexity index is 1030. The van der Waals surface area contributed by atoms with Gasteiger partial charge in [-0.05, 0) is 63.4 Å². The molecule has 50 heavy (non-hydrogen) atoms. The number of fused-ring (bicyclic) bond motifs is 3. The molecule has 1 amide bonds. The van der Waals surface area contributed by atoms with Crippen LogP contribution in [-0.2, 0) is 38.1 Å². The number of rotatable bonds is 14. The minimum absolute atomic E-state index is 0.0240. The maximum absolute atomic E-state index is 12.7. The first-order chi connectivity index (χ1) is 24.1. The number of unbranched alkanes of at least 4 members (excludes halogenated alkanes) is 3. The molecule has 3 aliphatic rings. The lowest BCUT2D eigenvalue weighted by Crippen LogP contribution is -2.42. The molecular weight excluding hydrogens is 644 g/mol. The molecule has 12 heteroatoms. The second-order valence-electron chi connectivity index (χ2n) is 14.9. The van der Waals surface area contributed by atoms with Crippen molar-refractivity contribution in [2.24, 2.45) is 11.7 Å². The Morgan fingerprint density at radius 1 is 1.02 bits per heavy atom. The molecule has 3 rings (SSSR count). The van der Waals surface area contributed by atoms with Gasteiger partial charge in [0.2, 0.25) is 5.91 Å². The zero-order valence-corrected chi connectivity index (χ0v) is 30.7. The van der Waals surface area contributed by atoms with Crippen molar-refractivity contribution in [2.75, 3.05) is 26.4 Å². The Hall–Kier alpha value is -2.09. The van der Waals surface area contributed by atoms with Crippen LogP contribution in [0.25, 0.3) is 0 Å². The number of aliphatic hydroxyl groups is 2. The zero-order valence-electron chi connectivity index (χ0n) is 30.7. The van der Waals surface area contributed by atoms with E-state index in [-0.39, 0.29) is 55.3 Å². The predicted molar refractivity (Wildman–Crippen MR) is 189 cm³/mol. The minimum Gasteiger partial charge on any atom is -0.462 e. The highest BCUT2D eigenvalue weighted by Crippen LogP contribution is 2.45. The Morgan fingerprint density at radius 2 is 1.76 bits per heavy atom. The molecule has 2 saturated heterocycles. The van der Waals surface area contributed by atoms with Gasteiger partial charge in [0, 0.05) is 32.3 Å². The van der Waals surface area contributed by atoms with E-state index in [2.05, 4.69) is 5.32 Å². The fourth-order valence-corrected chi connectivity index (χ4v) is 7.05. The maximum Gasteiger partial charge on any atom is 0.325 e. The highest BCUT2D eigenvalue weighted by atomic mass is 16.8. The Labute approximate surface area is 299 Å². The number of ether oxygens (including phenoxy) is 5. The van der Waals surface area contributed by atoms with Crippen molar-refractivity contribution in [3.05, 3.63) is 12.2 Å². The van der Waals surface area contributed by atoms with E-state index in [4.69, 9.17) is 34.5 Å². The molecule has 3 unspecified atom stereocenters. The maximum atomic E-state index is 12.7. The van der Waals surface area contributed by atoms with Crippen LogP contribution >= 0.6 is 0 Å². The van der Waals surface area contributed by atoms with E-state index in [1.54, 1.807) is 0 Å². The number of carbonyl (C=O) groups is 3. The van der Waals surface area contributed by atoms with E-state index in [0.717, 1.165) is 89.9 Å². The third-order valence-corrected chi connectivity index (χ3v) is 9.70. The van der Waals surface area contributed by atoms with Crippen molar-refractivity contribution in [1.29, 1.82) is 0 Å². The van der Waals surface area contributed by atoms with E-state index in [1.807, 2.05) is 19.9 Å². The van der Waals surface area contributed by atoms with E-state index < -0.39 is 24.0 Å². The Balaban J connectivity index is 1.54. The number of nitrogens with one attached hydrogen (secondary N) is 1. The van der Waals surface area contributed by atoms with Gasteiger partial charge in [-0.1, -0.05) is 64.9 Å². The van der Waals surface area contributed by atoms with E-state index in [9.17, 15) is 19.5 Å². The third-order valence-electron chi connectivity index (χ3n) is 9.70. The van der Waals surface area contributed by atoms with Crippen molar-refractivity contribution in [2.45, 2.75) is 178 Å². The molecule has 1 spiro atoms. The summed E-state index contributed by atoms with van der Waals surface area (Å²) in [6.45, 7) is 4.59. The van der Waals surface area contributed by atoms with Crippen molar-refractivity contribution >= 4 is 17.8 Å². The minimum atomic E-state index is -0.801. The molecule has 0 radical (unpaired) electrons. The Morgan fingerprint density at radius 3 is 2.56 bits per heavy atom. The molecule has 3 bridgehead atoms. The summed E-state index contributed by atoms with van der Waals surface area (Å²) in [6, 6.07) is -0.360. The summed E-state index contributed by atoms with van der Waals surface area (Å²) < 4.78 is 30.3. The highest BCUT2D eigenvalue weighted by Gasteiger charge is 2.53. The number of hydrogen-bond donors (Lipinski definition) is 4. The molecular formula is C38H66N2O10.